The number of carbonyl (C=O) groups excluding carboxylic acids is 1. The van der Waals surface area contributed by atoms with Crippen LogP contribution in [0.25, 0.3) is 11.1 Å². The molecule has 0 saturated carbocycles. The lowest BCUT2D eigenvalue weighted by atomic mass is 10.0. The summed E-state index contributed by atoms with van der Waals surface area (Å²) in [6, 6.07) is 11.4. The molecule has 1 aliphatic rings. The molecule has 2 N–H and O–H groups in total. The van der Waals surface area contributed by atoms with Crippen molar-refractivity contribution in [2.75, 3.05) is 18.6 Å². The first kappa shape index (κ1) is 23.7. The number of rotatable bonds is 5. The molecule has 0 radical (unpaired) electrons. The maximum atomic E-state index is 13.3. The predicted molar refractivity (Wildman–Crippen MR) is 119 cm³/mol. The Bertz CT molecular complexity index is 1170. The van der Waals surface area contributed by atoms with Crippen molar-refractivity contribution >= 4 is 37.5 Å². The summed E-state index contributed by atoms with van der Waals surface area (Å²) in [6.45, 7) is 3.67. The van der Waals surface area contributed by atoms with Gasteiger partial charge in [0, 0.05) is 23.3 Å². The lowest BCUT2D eigenvalue weighted by Crippen LogP contribution is -2.61. The smallest absolute Gasteiger partial charge is 0.263 e. The minimum atomic E-state index is -3.99. The van der Waals surface area contributed by atoms with E-state index in [9.17, 15) is 21.6 Å². The Morgan fingerprint density at radius 1 is 1.00 bits per heavy atom. The van der Waals surface area contributed by atoms with Crippen LogP contribution in [0.2, 0.25) is 0 Å². The Hall–Kier alpha value is -1.92. The molecular formula is C20H24N2O6S3. The van der Waals surface area contributed by atoms with Crippen molar-refractivity contribution in [3.8, 4) is 11.1 Å². The maximum absolute atomic E-state index is 13.3. The second-order valence-corrected chi connectivity index (χ2v) is 13.4. The summed E-state index contributed by atoms with van der Waals surface area (Å²) in [5, 5.41) is 9.14. The van der Waals surface area contributed by atoms with Crippen molar-refractivity contribution in [3.05, 3.63) is 48.5 Å². The summed E-state index contributed by atoms with van der Waals surface area (Å²) in [5.74, 6) is -0.255. The van der Waals surface area contributed by atoms with Gasteiger partial charge >= 0.3 is 0 Å². The van der Waals surface area contributed by atoms with E-state index in [2.05, 4.69) is 0 Å². The van der Waals surface area contributed by atoms with Gasteiger partial charge in [0.2, 0.25) is 10.0 Å². The van der Waals surface area contributed by atoms with E-state index >= 15 is 0 Å². The van der Waals surface area contributed by atoms with E-state index in [1.165, 1.54) is 36.0 Å². The highest BCUT2D eigenvalue weighted by molar-refractivity contribution is 8.01. The average Bonchev–Trinajstić information content (AvgIpc) is 2.72. The normalized spacial score (nSPS) is 19.7. The highest BCUT2D eigenvalue weighted by Gasteiger charge is 2.48. The van der Waals surface area contributed by atoms with Gasteiger partial charge < -0.3 is 0 Å². The summed E-state index contributed by atoms with van der Waals surface area (Å²) in [6.07, 6.45) is 1.13. The number of hydroxylamine groups is 1. The molecule has 1 saturated heterocycles. The number of amides is 1. The van der Waals surface area contributed by atoms with Crippen LogP contribution in [0.5, 0.6) is 0 Å². The summed E-state index contributed by atoms with van der Waals surface area (Å²) in [7, 11) is -7.30. The van der Waals surface area contributed by atoms with Crippen molar-refractivity contribution < 1.29 is 26.8 Å². The molecule has 1 amide bonds. The van der Waals surface area contributed by atoms with Crippen LogP contribution in [-0.2, 0) is 24.7 Å². The highest BCUT2D eigenvalue weighted by atomic mass is 32.2. The molecule has 1 aliphatic heterocycles. The van der Waals surface area contributed by atoms with Crippen LogP contribution in [0, 0.1) is 0 Å². The number of sulfonamides is 1. The average molecular weight is 485 g/mol. The fourth-order valence-electron chi connectivity index (χ4n) is 3.57. The van der Waals surface area contributed by atoms with E-state index in [4.69, 9.17) is 5.21 Å². The summed E-state index contributed by atoms with van der Waals surface area (Å²) < 4.78 is 50.2. The standard InChI is InChI=1S/C20H24N2O6S3/c1-20(2)18(19(23)21-24)22(12-13-29-20)31(27,28)17-10-6-15(7-11-17)14-4-8-16(9-5-14)30(3,25)26/h4-11,18,24H,12-13H2,1-3H3,(H,21,23)/t18-/m0/s1. The fraction of sp³-hybridized carbons (Fsp3) is 0.350. The first-order chi connectivity index (χ1) is 14.4. The molecular weight excluding hydrogens is 460 g/mol. The van der Waals surface area contributed by atoms with E-state index in [1.54, 1.807) is 43.6 Å². The zero-order valence-electron chi connectivity index (χ0n) is 17.3. The molecule has 3 rings (SSSR count). The number of nitrogens with zero attached hydrogens (tertiary/aromatic N) is 1. The molecule has 8 nitrogen and oxygen atoms in total. The molecule has 11 heteroatoms. The molecule has 0 spiro atoms. The zero-order chi connectivity index (χ0) is 23.0. The molecule has 2 aromatic carbocycles. The number of nitrogens with one attached hydrogen (secondary N) is 1. The molecule has 0 aliphatic carbocycles. The van der Waals surface area contributed by atoms with Crippen LogP contribution < -0.4 is 5.48 Å². The fourth-order valence-corrected chi connectivity index (χ4v) is 7.31. The van der Waals surface area contributed by atoms with Crippen molar-refractivity contribution in [1.82, 2.24) is 9.79 Å². The Kier molecular flexibility index (Phi) is 6.55. The monoisotopic (exact) mass is 484 g/mol. The van der Waals surface area contributed by atoms with Gasteiger partial charge in [-0.15, -0.1) is 0 Å². The molecule has 1 heterocycles. The van der Waals surface area contributed by atoms with Crippen LogP contribution in [0.15, 0.2) is 58.3 Å². The van der Waals surface area contributed by atoms with Crippen molar-refractivity contribution in [3.63, 3.8) is 0 Å². The summed E-state index contributed by atoms with van der Waals surface area (Å²) in [4.78, 5) is 12.5. The van der Waals surface area contributed by atoms with E-state index in [0.717, 1.165) is 21.7 Å². The maximum Gasteiger partial charge on any atom is 0.263 e. The Morgan fingerprint density at radius 2 is 1.48 bits per heavy atom. The van der Waals surface area contributed by atoms with Gasteiger partial charge in [-0.3, -0.25) is 10.0 Å². The zero-order valence-corrected chi connectivity index (χ0v) is 19.7. The van der Waals surface area contributed by atoms with Crippen LogP contribution >= 0.6 is 11.8 Å². The van der Waals surface area contributed by atoms with E-state index in [0.29, 0.717) is 5.75 Å². The van der Waals surface area contributed by atoms with Gasteiger partial charge in [0.05, 0.1) is 9.79 Å². The van der Waals surface area contributed by atoms with Crippen LogP contribution in [-0.4, -0.2) is 61.6 Å². The minimum absolute atomic E-state index is 0.0300. The largest absolute Gasteiger partial charge is 0.289 e. The predicted octanol–water partition coefficient (Wildman–Crippen LogP) is 2.15. The van der Waals surface area contributed by atoms with Crippen molar-refractivity contribution in [2.45, 2.75) is 34.4 Å². The highest BCUT2D eigenvalue weighted by Crippen LogP contribution is 2.38. The van der Waals surface area contributed by atoms with Crippen molar-refractivity contribution in [2.24, 2.45) is 0 Å². The Labute approximate surface area is 186 Å². The van der Waals surface area contributed by atoms with E-state index in [1.807, 2.05) is 0 Å². The first-order valence-electron chi connectivity index (χ1n) is 9.38. The molecule has 31 heavy (non-hydrogen) atoms. The molecule has 0 unspecified atom stereocenters. The third-order valence-electron chi connectivity index (χ3n) is 5.17. The van der Waals surface area contributed by atoms with Gasteiger partial charge in [0.1, 0.15) is 6.04 Å². The number of hydrogen-bond acceptors (Lipinski definition) is 7. The Morgan fingerprint density at radius 3 is 1.94 bits per heavy atom. The second kappa shape index (κ2) is 8.55. The van der Waals surface area contributed by atoms with Crippen LogP contribution in [0.3, 0.4) is 0 Å². The second-order valence-electron chi connectivity index (χ2n) is 7.77. The van der Waals surface area contributed by atoms with Gasteiger partial charge in [-0.05, 0) is 49.2 Å². The third-order valence-corrected chi connectivity index (χ3v) is 9.53. The summed E-state index contributed by atoms with van der Waals surface area (Å²) >= 11 is 1.47. The number of carbonyl (C=O) groups is 1. The molecule has 2 aromatic rings. The van der Waals surface area contributed by atoms with Crippen LogP contribution in [0.1, 0.15) is 13.8 Å². The van der Waals surface area contributed by atoms with Gasteiger partial charge in [-0.25, -0.2) is 22.3 Å². The first-order valence-corrected chi connectivity index (χ1v) is 13.7. The van der Waals surface area contributed by atoms with E-state index in [-0.39, 0.29) is 16.3 Å². The van der Waals surface area contributed by atoms with Crippen LogP contribution in [0.4, 0.5) is 0 Å². The van der Waals surface area contributed by atoms with Crippen molar-refractivity contribution in [1.29, 1.82) is 0 Å². The molecule has 0 aromatic heterocycles. The number of sulfone groups is 1. The van der Waals surface area contributed by atoms with E-state index < -0.39 is 36.6 Å². The number of benzene rings is 2. The Balaban J connectivity index is 1.93. The SMILES string of the molecule is CC1(C)SCCN(S(=O)(=O)c2ccc(-c3ccc(S(C)(=O)=O)cc3)cc2)[C@H]1C(=O)NO. The van der Waals surface area contributed by atoms with Gasteiger partial charge in [0.25, 0.3) is 5.91 Å². The van der Waals surface area contributed by atoms with Gasteiger partial charge in [-0.2, -0.15) is 16.1 Å². The minimum Gasteiger partial charge on any atom is -0.289 e. The quantitative estimate of drug-likeness (QED) is 0.493. The summed E-state index contributed by atoms with van der Waals surface area (Å²) in [5.41, 5.74) is 3.05. The number of thioether (sulfide) groups is 1. The number of hydrogen-bond donors (Lipinski definition) is 2. The van der Waals surface area contributed by atoms with Gasteiger partial charge in [0.15, 0.2) is 9.84 Å². The molecule has 0 bridgehead atoms. The lowest BCUT2D eigenvalue weighted by Gasteiger charge is -2.43. The molecule has 1 fully saturated rings. The third kappa shape index (κ3) is 4.80. The van der Waals surface area contributed by atoms with Gasteiger partial charge in [-0.1, -0.05) is 24.3 Å². The molecule has 168 valence electrons. The molecule has 1 atom stereocenters. The topological polar surface area (TPSA) is 121 Å². The lowest BCUT2D eigenvalue weighted by molar-refractivity contribution is -0.134.